The van der Waals surface area contributed by atoms with E-state index in [1.807, 2.05) is 0 Å². The Morgan fingerprint density at radius 1 is 1.35 bits per heavy atom. The molecule has 2 N–H and O–H groups in total. The van der Waals surface area contributed by atoms with Gasteiger partial charge in [-0.2, -0.15) is 0 Å². The molecule has 2 aliphatic heterocycles. The number of likely N-dealkylation sites (tertiary alicyclic amines) is 1. The second-order valence-electron chi connectivity index (χ2n) is 5.13. The highest BCUT2D eigenvalue weighted by atomic mass is 32.2. The maximum Gasteiger partial charge on any atom is 0.326 e. The van der Waals surface area contributed by atoms with Gasteiger partial charge < -0.3 is 15.1 Å². The van der Waals surface area contributed by atoms with Crippen LogP contribution in [0, 0.1) is 0 Å². The molecule has 1 amide bonds. The third kappa shape index (κ3) is 3.64. The summed E-state index contributed by atoms with van der Waals surface area (Å²) in [5.41, 5.74) is 0. The van der Waals surface area contributed by atoms with E-state index in [1.165, 1.54) is 16.7 Å². The van der Waals surface area contributed by atoms with Crippen molar-refractivity contribution in [1.82, 2.24) is 4.90 Å². The minimum Gasteiger partial charge on any atom is -0.480 e. The molecule has 7 nitrogen and oxygen atoms in total. The molecule has 0 aromatic rings. The molecule has 0 radical (unpaired) electrons. The molecule has 0 spiro atoms. The first-order chi connectivity index (χ1) is 9.28. The van der Waals surface area contributed by atoms with Crippen molar-refractivity contribution in [3.63, 3.8) is 0 Å². The van der Waals surface area contributed by atoms with E-state index in [9.17, 15) is 23.1 Å². The van der Waals surface area contributed by atoms with Gasteiger partial charge in [-0.25, -0.2) is 13.2 Å². The van der Waals surface area contributed by atoms with Gasteiger partial charge in [0.2, 0.25) is 5.91 Å². The summed E-state index contributed by atoms with van der Waals surface area (Å²) in [7, 11) is -2.98. The summed E-state index contributed by atoms with van der Waals surface area (Å²) in [6.07, 6.45) is -0.230. The maximum atomic E-state index is 12.0. The summed E-state index contributed by atoms with van der Waals surface area (Å²) in [5, 5.41) is 18.4. The van der Waals surface area contributed by atoms with E-state index in [2.05, 4.69) is 0 Å². The van der Waals surface area contributed by atoms with Crippen molar-refractivity contribution in [3.05, 3.63) is 0 Å². The molecule has 2 rings (SSSR count). The lowest BCUT2D eigenvalue weighted by molar-refractivity contribution is -0.147. The third-order valence-electron chi connectivity index (χ3n) is 3.52. The van der Waals surface area contributed by atoms with Crippen LogP contribution in [0.15, 0.2) is 0 Å². The Morgan fingerprint density at radius 3 is 2.60 bits per heavy atom. The molecule has 0 aromatic carbocycles. The summed E-state index contributed by atoms with van der Waals surface area (Å²) in [6.45, 7) is 0.0271. The van der Waals surface area contributed by atoms with E-state index in [0.29, 0.717) is 6.42 Å². The quantitative estimate of drug-likeness (QED) is 0.679. The smallest absolute Gasteiger partial charge is 0.326 e. The third-order valence-corrected chi connectivity index (χ3v) is 6.78. The number of rotatable bonds is 4. The van der Waals surface area contributed by atoms with Crippen LogP contribution in [0.3, 0.4) is 0 Å². The van der Waals surface area contributed by atoms with Gasteiger partial charge >= 0.3 is 5.97 Å². The fourth-order valence-corrected chi connectivity index (χ4v) is 6.02. The predicted octanol–water partition coefficient (Wildman–Crippen LogP) is -1.05. The van der Waals surface area contributed by atoms with Crippen LogP contribution in [0.1, 0.15) is 12.8 Å². The fraction of sp³-hybridized carbons (Fsp3) is 0.818. The molecule has 2 aliphatic rings. The molecule has 0 bridgehead atoms. The Hall–Kier alpha value is -0.800. The van der Waals surface area contributed by atoms with Crippen molar-refractivity contribution in [1.29, 1.82) is 0 Å². The van der Waals surface area contributed by atoms with Crippen molar-refractivity contribution in [2.24, 2.45) is 0 Å². The Kier molecular flexibility index (Phi) is 4.60. The molecular formula is C11H17NO6S2. The average Bonchev–Trinajstić information content (AvgIpc) is 2.89. The predicted molar refractivity (Wildman–Crippen MR) is 73.3 cm³/mol. The van der Waals surface area contributed by atoms with Crippen molar-refractivity contribution in [3.8, 4) is 0 Å². The van der Waals surface area contributed by atoms with Gasteiger partial charge in [0.05, 0.1) is 23.4 Å². The van der Waals surface area contributed by atoms with Crippen LogP contribution in [0.4, 0.5) is 0 Å². The normalized spacial score (nSPS) is 32.5. The number of hydrogen-bond acceptors (Lipinski definition) is 6. The largest absolute Gasteiger partial charge is 0.480 e. The van der Waals surface area contributed by atoms with Crippen LogP contribution >= 0.6 is 11.8 Å². The molecule has 9 heteroatoms. The number of carboxylic acids is 1. The zero-order valence-electron chi connectivity index (χ0n) is 10.8. The van der Waals surface area contributed by atoms with E-state index >= 15 is 0 Å². The van der Waals surface area contributed by atoms with Crippen LogP contribution in [0.5, 0.6) is 0 Å². The Bertz CT molecular complexity index is 505. The SMILES string of the molecule is O=C(O)[C@@H]1C[C@H](O)CN1C(=O)CSC1CCS(=O)(=O)C1. The number of hydrogen-bond donors (Lipinski definition) is 2. The molecule has 2 heterocycles. The first kappa shape index (κ1) is 15.6. The highest BCUT2D eigenvalue weighted by Gasteiger charge is 2.39. The van der Waals surface area contributed by atoms with E-state index in [-0.39, 0.29) is 41.4 Å². The van der Waals surface area contributed by atoms with Crippen LogP contribution in [0.2, 0.25) is 0 Å². The van der Waals surface area contributed by atoms with Gasteiger partial charge in [-0.1, -0.05) is 0 Å². The number of aliphatic hydroxyl groups is 1. The monoisotopic (exact) mass is 323 g/mol. The molecule has 1 unspecified atom stereocenters. The van der Waals surface area contributed by atoms with Gasteiger partial charge in [0.1, 0.15) is 6.04 Å². The Balaban J connectivity index is 1.87. The second-order valence-corrected chi connectivity index (χ2v) is 8.64. The Morgan fingerprint density at radius 2 is 2.05 bits per heavy atom. The van der Waals surface area contributed by atoms with E-state index in [4.69, 9.17) is 5.11 Å². The summed E-state index contributed by atoms with van der Waals surface area (Å²) >= 11 is 1.25. The number of aliphatic carboxylic acids is 1. The number of thioether (sulfide) groups is 1. The second kappa shape index (κ2) is 5.90. The van der Waals surface area contributed by atoms with Crippen LogP contribution in [-0.2, 0) is 19.4 Å². The standard InChI is InChI=1S/C11H17NO6S2/c13-7-3-9(11(15)16)12(4-7)10(14)5-19-8-1-2-20(17,18)6-8/h7-9,13H,1-6H2,(H,15,16)/t7-,8?,9-/m0/s1. The number of carboxylic acid groups (broad SMARTS) is 1. The molecule has 0 aliphatic carbocycles. The van der Waals surface area contributed by atoms with E-state index < -0.39 is 28.0 Å². The van der Waals surface area contributed by atoms with Gasteiger partial charge in [-0.3, -0.25) is 4.79 Å². The topological polar surface area (TPSA) is 112 Å². The molecule has 0 saturated carbocycles. The number of carbonyl (C=O) groups is 2. The summed E-state index contributed by atoms with van der Waals surface area (Å²) in [5.74, 6) is -1.20. The lowest BCUT2D eigenvalue weighted by Gasteiger charge is -2.21. The number of amides is 1. The van der Waals surface area contributed by atoms with Crippen molar-refractivity contribution in [2.45, 2.75) is 30.2 Å². The lowest BCUT2D eigenvalue weighted by atomic mass is 10.2. The van der Waals surface area contributed by atoms with Gasteiger partial charge in [0.25, 0.3) is 0 Å². The Labute approximate surface area is 121 Å². The molecular weight excluding hydrogens is 306 g/mol. The molecule has 3 atom stereocenters. The van der Waals surface area contributed by atoms with Gasteiger partial charge in [-0.15, -0.1) is 11.8 Å². The first-order valence-electron chi connectivity index (χ1n) is 6.31. The zero-order valence-corrected chi connectivity index (χ0v) is 12.4. The highest BCUT2D eigenvalue weighted by molar-refractivity contribution is 8.02. The summed E-state index contributed by atoms with van der Waals surface area (Å²) < 4.78 is 22.6. The summed E-state index contributed by atoms with van der Waals surface area (Å²) in [4.78, 5) is 24.2. The molecule has 0 aromatic heterocycles. The fourth-order valence-electron chi connectivity index (χ4n) is 2.49. The molecule has 2 fully saturated rings. The van der Waals surface area contributed by atoms with Gasteiger partial charge in [0, 0.05) is 18.2 Å². The first-order valence-corrected chi connectivity index (χ1v) is 9.18. The van der Waals surface area contributed by atoms with E-state index in [1.54, 1.807) is 0 Å². The van der Waals surface area contributed by atoms with Crippen LogP contribution in [-0.4, -0.2) is 76.6 Å². The number of β-amino-alcohol motifs (C(OH)–C–C–N with tert-alkyl or cyclic N) is 1. The van der Waals surface area contributed by atoms with Crippen molar-refractivity contribution < 1.29 is 28.2 Å². The highest BCUT2D eigenvalue weighted by Crippen LogP contribution is 2.26. The van der Waals surface area contributed by atoms with Crippen LogP contribution in [0.25, 0.3) is 0 Å². The summed E-state index contributed by atoms with van der Waals surface area (Å²) in [6, 6.07) is -0.981. The number of carbonyl (C=O) groups excluding carboxylic acids is 1. The number of nitrogens with zero attached hydrogens (tertiary/aromatic N) is 1. The van der Waals surface area contributed by atoms with Crippen molar-refractivity contribution in [2.75, 3.05) is 23.8 Å². The van der Waals surface area contributed by atoms with E-state index in [0.717, 1.165) is 0 Å². The minimum absolute atomic E-state index is 0.0271. The van der Waals surface area contributed by atoms with Crippen molar-refractivity contribution >= 4 is 33.5 Å². The lowest BCUT2D eigenvalue weighted by Crippen LogP contribution is -2.41. The number of aliphatic hydroxyl groups excluding tert-OH is 1. The molecule has 20 heavy (non-hydrogen) atoms. The maximum absolute atomic E-state index is 12.0. The zero-order chi connectivity index (χ0) is 14.9. The average molecular weight is 323 g/mol. The number of sulfone groups is 1. The molecule has 114 valence electrons. The van der Waals surface area contributed by atoms with Gasteiger partial charge in [0.15, 0.2) is 9.84 Å². The van der Waals surface area contributed by atoms with Gasteiger partial charge in [-0.05, 0) is 6.42 Å². The minimum atomic E-state index is -2.98. The van der Waals surface area contributed by atoms with Crippen LogP contribution < -0.4 is 0 Å². The molecule has 2 saturated heterocycles.